The van der Waals surface area contributed by atoms with Gasteiger partial charge in [-0.2, -0.15) is 0 Å². The molecule has 164 valence electrons. The van der Waals surface area contributed by atoms with Crippen LogP contribution in [0.15, 0.2) is 66.9 Å². The first-order chi connectivity index (χ1) is 15.5. The molecule has 6 heteroatoms. The fourth-order valence-electron chi connectivity index (χ4n) is 3.94. The van der Waals surface area contributed by atoms with Crippen LogP contribution in [0.25, 0.3) is 21.7 Å². The zero-order valence-electron chi connectivity index (χ0n) is 18.3. The van der Waals surface area contributed by atoms with Crippen molar-refractivity contribution in [1.29, 1.82) is 0 Å². The Balaban J connectivity index is 1.53. The Hall–Kier alpha value is -3.80. The van der Waals surface area contributed by atoms with E-state index in [0.29, 0.717) is 6.42 Å². The quantitative estimate of drug-likeness (QED) is 0.428. The van der Waals surface area contributed by atoms with Crippen molar-refractivity contribution in [3.8, 4) is 5.75 Å². The number of fused-ring (bicyclic) bond motifs is 2. The Bertz CT molecular complexity index is 1280. The summed E-state index contributed by atoms with van der Waals surface area (Å²) >= 11 is 0. The normalized spacial score (nSPS) is 13.0. The number of nitrogens with one attached hydrogen (secondary N) is 2. The van der Waals surface area contributed by atoms with Gasteiger partial charge in [0, 0.05) is 23.5 Å². The number of esters is 1. The van der Waals surface area contributed by atoms with Crippen LogP contribution in [0, 0.1) is 0 Å². The second-order valence-corrected chi connectivity index (χ2v) is 7.84. The summed E-state index contributed by atoms with van der Waals surface area (Å²) in [5.41, 5.74) is 2.80. The minimum absolute atomic E-state index is 0.229. The number of aromatic nitrogens is 1. The van der Waals surface area contributed by atoms with Crippen molar-refractivity contribution < 1.29 is 19.1 Å². The molecule has 0 unspecified atom stereocenters. The predicted molar refractivity (Wildman–Crippen MR) is 125 cm³/mol. The summed E-state index contributed by atoms with van der Waals surface area (Å²) in [6, 6.07) is 18.8. The fraction of sp³-hybridized carbons (Fsp3) is 0.231. The Morgan fingerprint density at radius 2 is 1.75 bits per heavy atom. The van der Waals surface area contributed by atoms with Crippen molar-refractivity contribution in [2.45, 2.75) is 25.3 Å². The van der Waals surface area contributed by atoms with Gasteiger partial charge < -0.3 is 19.8 Å². The van der Waals surface area contributed by atoms with E-state index in [0.717, 1.165) is 38.6 Å². The van der Waals surface area contributed by atoms with E-state index in [1.165, 1.54) is 7.11 Å². The van der Waals surface area contributed by atoms with Gasteiger partial charge in [-0.1, -0.05) is 42.5 Å². The third-order valence-electron chi connectivity index (χ3n) is 5.87. The molecule has 3 aromatic carbocycles. The number of amides is 1. The summed E-state index contributed by atoms with van der Waals surface area (Å²) in [6.07, 6.45) is 2.21. The molecule has 0 fully saturated rings. The number of methoxy groups -OCH3 is 2. The van der Waals surface area contributed by atoms with Gasteiger partial charge in [0.25, 0.3) is 0 Å². The SMILES string of the molecule is COC(=O)[C@H](Cc1c[nH]c2ccccc12)NC(=O)[C@H](C)c1ccc2cc(OC)ccc2c1. The molecule has 1 heterocycles. The van der Waals surface area contributed by atoms with Gasteiger partial charge >= 0.3 is 5.97 Å². The van der Waals surface area contributed by atoms with Crippen LogP contribution in [0.3, 0.4) is 0 Å². The van der Waals surface area contributed by atoms with Crippen LogP contribution in [-0.2, 0) is 20.7 Å². The number of H-pyrrole nitrogens is 1. The van der Waals surface area contributed by atoms with E-state index in [9.17, 15) is 9.59 Å². The minimum atomic E-state index is -0.779. The number of aromatic amines is 1. The van der Waals surface area contributed by atoms with Gasteiger partial charge in [-0.3, -0.25) is 4.79 Å². The molecular formula is C26H26N2O4. The monoisotopic (exact) mass is 430 g/mol. The summed E-state index contributed by atoms with van der Waals surface area (Å²) in [5, 5.41) is 5.96. The third-order valence-corrected chi connectivity index (χ3v) is 5.87. The van der Waals surface area contributed by atoms with E-state index in [1.54, 1.807) is 7.11 Å². The van der Waals surface area contributed by atoms with Crippen LogP contribution in [0.4, 0.5) is 0 Å². The zero-order valence-corrected chi connectivity index (χ0v) is 18.3. The number of rotatable bonds is 7. The molecule has 1 aromatic heterocycles. The predicted octanol–water partition coefficient (Wildman–Crippen LogP) is 4.33. The largest absolute Gasteiger partial charge is 0.497 e. The van der Waals surface area contributed by atoms with Gasteiger partial charge in [0.1, 0.15) is 11.8 Å². The second-order valence-electron chi connectivity index (χ2n) is 7.84. The van der Waals surface area contributed by atoms with Crippen LogP contribution in [0.5, 0.6) is 5.75 Å². The molecule has 2 N–H and O–H groups in total. The van der Waals surface area contributed by atoms with E-state index in [1.807, 2.05) is 73.8 Å². The highest BCUT2D eigenvalue weighted by Gasteiger charge is 2.26. The number of para-hydroxylation sites is 1. The number of carbonyl (C=O) groups is 2. The van der Waals surface area contributed by atoms with Crippen LogP contribution < -0.4 is 10.1 Å². The number of benzene rings is 3. The van der Waals surface area contributed by atoms with Gasteiger partial charge in [-0.25, -0.2) is 4.79 Å². The van der Waals surface area contributed by atoms with Crippen LogP contribution >= 0.6 is 0 Å². The van der Waals surface area contributed by atoms with Gasteiger partial charge in [-0.15, -0.1) is 0 Å². The third kappa shape index (κ3) is 4.30. The molecule has 2 atom stereocenters. The van der Waals surface area contributed by atoms with Crippen molar-refractivity contribution in [2.75, 3.05) is 14.2 Å². The molecular weight excluding hydrogens is 404 g/mol. The molecule has 0 aliphatic carbocycles. The maximum Gasteiger partial charge on any atom is 0.328 e. The topological polar surface area (TPSA) is 80.4 Å². The highest BCUT2D eigenvalue weighted by Crippen LogP contribution is 2.26. The van der Waals surface area contributed by atoms with Crippen LogP contribution in [0.1, 0.15) is 24.0 Å². The maximum atomic E-state index is 13.1. The lowest BCUT2D eigenvalue weighted by Gasteiger charge is -2.20. The molecule has 4 aromatic rings. The lowest BCUT2D eigenvalue weighted by molar-refractivity contribution is -0.145. The molecule has 0 aliphatic rings. The summed E-state index contributed by atoms with van der Waals surface area (Å²) < 4.78 is 10.2. The Labute approximate surface area is 186 Å². The van der Waals surface area contributed by atoms with E-state index in [4.69, 9.17) is 9.47 Å². The Morgan fingerprint density at radius 1 is 1.00 bits per heavy atom. The lowest BCUT2D eigenvalue weighted by atomic mass is 9.96. The molecule has 6 nitrogen and oxygen atoms in total. The molecule has 32 heavy (non-hydrogen) atoms. The lowest BCUT2D eigenvalue weighted by Crippen LogP contribution is -2.44. The maximum absolute atomic E-state index is 13.1. The van der Waals surface area contributed by atoms with E-state index >= 15 is 0 Å². The van der Waals surface area contributed by atoms with E-state index < -0.39 is 17.9 Å². The summed E-state index contributed by atoms with van der Waals surface area (Å²) in [6.45, 7) is 1.83. The minimum Gasteiger partial charge on any atom is -0.497 e. The van der Waals surface area contributed by atoms with Crippen molar-refractivity contribution in [2.24, 2.45) is 0 Å². The van der Waals surface area contributed by atoms with Crippen LogP contribution in [0.2, 0.25) is 0 Å². The van der Waals surface area contributed by atoms with Crippen molar-refractivity contribution in [1.82, 2.24) is 10.3 Å². The van der Waals surface area contributed by atoms with Crippen molar-refractivity contribution >= 4 is 33.6 Å². The second kappa shape index (κ2) is 9.14. The average molecular weight is 431 g/mol. The fourth-order valence-corrected chi connectivity index (χ4v) is 3.94. The van der Waals surface area contributed by atoms with Gasteiger partial charge in [0.2, 0.25) is 5.91 Å². The number of ether oxygens (including phenoxy) is 2. The van der Waals surface area contributed by atoms with Gasteiger partial charge in [-0.05, 0) is 47.0 Å². The molecule has 4 rings (SSSR count). The molecule has 0 saturated heterocycles. The number of carbonyl (C=O) groups excluding carboxylic acids is 2. The van der Waals surface area contributed by atoms with Gasteiger partial charge in [0.05, 0.1) is 20.1 Å². The molecule has 1 amide bonds. The molecule has 0 saturated carbocycles. The number of hydrogen-bond acceptors (Lipinski definition) is 4. The molecule has 0 spiro atoms. The van der Waals surface area contributed by atoms with Crippen molar-refractivity contribution in [3.05, 3.63) is 78.0 Å². The summed E-state index contributed by atoms with van der Waals surface area (Å²) in [4.78, 5) is 28.7. The summed E-state index contributed by atoms with van der Waals surface area (Å²) in [5.74, 6) is -0.347. The first-order valence-electron chi connectivity index (χ1n) is 10.5. The Morgan fingerprint density at radius 3 is 2.53 bits per heavy atom. The highest BCUT2D eigenvalue weighted by molar-refractivity contribution is 5.91. The van der Waals surface area contributed by atoms with Crippen molar-refractivity contribution in [3.63, 3.8) is 0 Å². The molecule has 0 radical (unpaired) electrons. The average Bonchev–Trinajstić information content (AvgIpc) is 3.24. The zero-order chi connectivity index (χ0) is 22.7. The van der Waals surface area contributed by atoms with E-state index in [-0.39, 0.29) is 5.91 Å². The van der Waals surface area contributed by atoms with E-state index in [2.05, 4.69) is 10.3 Å². The first kappa shape index (κ1) is 21.4. The molecule has 0 aliphatic heterocycles. The smallest absolute Gasteiger partial charge is 0.328 e. The van der Waals surface area contributed by atoms with Crippen LogP contribution in [-0.4, -0.2) is 37.1 Å². The van der Waals surface area contributed by atoms with Gasteiger partial charge in [0.15, 0.2) is 0 Å². The molecule has 0 bridgehead atoms. The number of hydrogen-bond donors (Lipinski definition) is 2. The highest BCUT2D eigenvalue weighted by atomic mass is 16.5. The summed E-state index contributed by atoms with van der Waals surface area (Å²) in [7, 11) is 2.97. The Kier molecular flexibility index (Phi) is 6.12. The standard InChI is InChI=1S/C26H26N2O4/c1-16(17-8-9-19-13-21(31-2)11-10-18(19)12-17)25(29)28-24(26(30)32-3)14-20-15-27-23-7-5-4-6-22(20)23/h4-13,15-16,24,27H,14H2,1-3H3,(H,28,29)/t16-,24+/m1/s1. The first-order valence-corrected chi connectivity index (χ1v) is 10.5.